The van der Waals surface area contributed by atoms with Gasteiger partial charge in [0.2, 0.25) is 0 Å². The average molecular weight is 787 g/mol. The number of rotatable bonds is 3. The van der Waals surface area contributed by atoms with E-state index in [4.69, 9.17) is 4.42 Å². The third kappa shape index (κ3) is 5.61. The maximum absolute atomic E-state index is 6.77. The molecule has 3 nitrogen and oxygen atoms in total. The Bertz CT molecular complexity index is 2900. The second kappa shape index (κ2) is 13.1. The van der Waals surface area contributed by atoms with Gasteiger partial charge < -0.3 is 14.2 Å². The van der Waals surface area contributed by atoms with E-state index in [1.165, 1.54) is 140 Å². The van der Waals surface area contributed by atoms with E-state index in [-0.39, 0.29) is 23.0 Å². The summed E-state index contributed by atoms with van der Waals surface area (Å²) in [7, 11) is 0. The van der Waals surface area contributed by atoms with Gasteiger partial charge in [-0.3, -0.25) is 0 Å². The number of para-hydroxylation sites is 2. The van der Waals surface area contributed by atoms with E-state index in [9.17, 15) is 0 Å². The highest BCUT2D eigenvalue weighted by molar-refractivity contribution is 7.00. The second-order valence-corrected chi connectivity index (χ2v) is 21.2. The molecule has 3 heterocycles. The Kier molecular flexibility index (Phi) is 8.27. The molecule has 0 unspecified atom stereocenters. The van der Waals surface area contributed by atoms with Crippen LogP contribution in [0.3, 0.4) is 0 Å². The SMILES string of the molecule is Cc1cc(C(C)(C)C)ccc1N1c2cc3c(cc2B2c4cc5oc6ccccc6c5cc4N(c4ccccc4C)c4cc(C5CCCCC5)cc1c42)C(C)(C)CCC3(C)C. The Morgan fingerprint density at radius 1 is 0.567 bits per heavy atom. The summed E-state index contributed by atoms with van der Waals surface area (Å²) in [5.74, 6) is 0.537. The molecule has 2 aliphatic heterocycles. The van der Waals surface area contributed by atoms with Gasteiger partial charge in [0, 0.05) is 44.9 Å². The molecule has 0 spiro atoms. The number of aryl methyl sites for hydroxylation is 2. The summed E-state index contributed by atoms with van der Waals surface area (Å²) in [6.07, 6.45) is 8.79. The highest BCUT2D eigenvalue weighted by atomic mass is 16.3. The van der Waals surface area contributed by atoms with Crippen molar-refractivity contribution in [3.05, 3.63) is 137 Å². The van der Waals surface area contributed by atoms with Crippen molar-refractivity contribution in [3.63, 3.8) is 0 Å². The van der Waals surface area contributed by atoms with Crippen molar-refractivity contribution in [2.45, 2.75) is 129 Å². The number of anilines is 6. The number of fused-ring (bicyclic) bond motifs is 8. The maximum Gasteiger partial charge on any atom is 0.252 e. The molecule has 0 amide bonds. The van der Waals surface area contributed by atoms with Gasteiger partial charge in [0.25, 0.3) is 6.71 Å². The zero-order chi connectivity index (χ0) is 41.5. The molecule has 1 saturated carbocycles. The quantitative estimate of drug-likeness (QED) is 0.166. The lowest BCUT2D eigenvalue weighted by molar-refractivity contribution is 0.332. The highest BCUT2D eigenvalue weighted by Crippen LogP contribution is 2.52. The van der Waals surface area contributed by atoms with Crippen molar-refractivity contribution in [1.82, 2.24) is 0 Å². The number of benzene rings is 6. The first-order valence-corrected chi connectivity index (χ1v) is 22.8. The highest BCUT2D eigenvalue weighted by Gasteiger charge is 2.47. The van der Waals surface area contributed by atoms with Gasteiger partial charge in [-0.15, -0.1) is 0 Å². The van der Waals surface area contributed by atoms with Gasteiger partial charge in [0.05, 0.1) is 0 Å². The van der Waals surface area contributed by atoms with Crippen LogP contribution in [0.5, 0.6) is 0 Å². The molecular formula is C56H59BN2O. The zero-order valence-electron chi connectivity index (χ0n) is 37.2. The van der Waals surface area contributed by atoms with E-state index in [2.05, 4.69) is 175 Å². The largest absolute Gasteiger partial charge is 0.456 e. The minimum atomic E-state index is 0.0230. The number of furan rings is 1. The van der Waals surface area contributed by atoms with E-state index in [0.29, 0.717) is 5.92 Å². The predicted molar refractivity (Wildman–Crippen MR) is 257 cm³/mol. The van der Waals surface area contributed by atoms with Crippen LogP contribution in [-0.2, 0) is 16.2 Å². The number of hydrogen-bond acceptors (Lipinski definition) is 3. The first-order chi connectivity index (χ1) is 28.7. The van der Waals surface area contributed by atoms with Crippen molar-refractivity contribution < 1.29 is 4.42 Å². The van der Waals surface area contributed by atoms with Gasteiger partial charge in [-0.1, -0.05) is 122 Å². The summed E-state index contributed by atoms with van der Waals surface area (Å²) < 4.78 is 6.77. The molecular weight excluding hydrogens is 727 g/mol. The van der Waals surface area contributed by atoms with Gasteiger partial charge in [0.1, 0.15) is 11.2 Å². The van der Waals surface area contributed by atoms with Crippen molar-refractivity contribution in [2.24, 2.45) is 0 Å². The smallest absolute Gasteiger partial charge is 0.252 e. The lowest BCUT2D eigenvalue weighted by atomic mass is 9.33. The normalized spacial score (nSPS) is 18.1. The fourth-order valence-electron chi connectivity index (χ4n) is 11.7. The lowest BCUT2D eigenvalue weighted by Crippen LogP contribution is -2.62. The van der Waals surface area contributed by atoms with Gasteiger partial charge in [0.15, 0.2) is 0 Å². The summed E-state index contributed by atoms with van der Waals surface area (Å²) in [6.45, 7) is 21.6. The van der Waals surface area contributed by atoms with E-state index < -0.39 is 0 Å². The molecule has 1 fully saturated rings. The third-order valence-electron chi connectivity index (χ3n) is 15.3. The van der Waals surface area contributed by atoms with Crippen LogP contribution < -0.4 is 26.2 Å². The fourth-order valence-corrected chi connectivity index (χ4v) is 11.7. The Labute approximate surface area is 357 Å². The summed E-state index contributed by atoms with van der Waals surface area (Å²) in [5.41, 5.74) is 22.4. The van der Waals surface area contributed by atoms with Crippen molar-refractivity contribution in [1.29, 1.82) is 0 Å². The molecule has 7 aromatic rings. The Hall–Kier alpha value is -5.22. The predicted octanol–water partition coefficient (Wildman–Crippen LogP) is 14.0. The van der Waals surface area contributed by atoms with Crippen LogP contribution in [0, 0.1) is 13.8 Å². The fraction of sp³-hybridized carbons (Fsp3) is 0.357. The molecule has 0 atom stereocenters. The average Bonchev–Trinajstić information content (AvgIpc) is 3.59. The molecule has 0 saturated heterocycles. The minimum absolute atomic E-state index is 0.0230. The van der Waals surface area contributed by atoms with Crippen LogP contribution in [-0.4, -0.2) is 6.71 Å². The van der Waals surface area contributed by atoms with Crippen LogP contribution in [0.2, 0.25) is 0 Å². The minimum Gasteiger partial charge on any atom is -0.456 e. The van der Waals surface area contributed by atoms with Crippen molar-refractivity contribution in [2.75, 3.05) is 9.80 Å². The molecule has 4 heteroatoms. The van der Waals surface area contributed by atoms with Crippen molar-refractivity contribution in [3.8, 4) is 0 Å². The van der Waals surface area contributed by atoms with Crippen molar-refractivity contribution >= 4 is 79.2 Å². The standard InChI is InChI=1S/C56H59BN2O/c1-34-17-13-15-21-45(34)58-47-30-40-39-20-14-16-22-51(39)60-52(40)33-44(47)57-43-31-41-42(56(8,9)26-25-55(41,6)7)32-48(43)59(46-24-23-38(27-35(46)2)54(3,4)5)50-29-37(28-49(58)53(50)57)36-18-11-10-12-19-36/h13-17,20-24,27-33,36H,10-12,18-19,25-26H2,1-9H3. The molecule has 0 N–H and O–H groups in total. The summed E-state index contributed by atoms with van der Waals surface area (Å²) in [4.78, 5) is 5.34. The van der Waals surface area contributed by atoms with E-state index >= 15 is 0 Å². The van der Waals surface area contributed by atoms with Crippen LogP contribution in [0.15, 0.2) is 108 Å². The summed E-state index contributed by atoms with van der Waals surface area (Å²) in [5, 5.41) is 2.35. The topological polar surface area (TPSA) is 19.6 Å². The zero-order valence-corrected chi connectivity index (χ0v) is 37.2. The van der Waals surface area contributed by atoms with Gasteiger partial charge in [-0.2, -0.15) is 0 Å². The van der Waals surface area contributed by atoms with Crippen LogP contribution in [0.4, 0.5) is 34.1 Å². The Morgan fingerprint density at radius 2 is 1.18 bits per heavy atom. The first-order valence-electron chi connectivity index (χ1n) is 22.8. The van der Waals surface area contributed by atoms with Gasteiger partial charge in [-0.25, -0.2) is 0 Å². The van der Waals surface area contributed by atoms with Gasteiger partial charge >= 0.3 is 0 Å². The monoisotopic (exact) mass is 786 g/mol. The molecule has 2 aliphatic carbocycles. The Morgan fingerprint density at radius 3 is 1.87 bits per heavy atom. The molecule has 4 aliphatic rings. The molecule has 0 bridgehead atoms. The second-order valence-electron chi connectivity index (χ2n) is 21.2. The molecule has 6 aromatic carbocycles. The first kappa shape index (κ1) is 37.8. The molecule has 11 rings (SSSR count). The maximum atomic E-state index is 6.77. The molecule has 60 heavy (non-hydrogen) atoms. The van der Waals surface area contributed by atoms with E-state index in [1.807, 2.05) is 0 Å². The van der Waals surface area contributed by atoms with Crippen LogP contribution >= 0.6 is 0 Å². The third-order valence-corrected chi connectivity index (χ3v) is 15.3. The summed E-state index contributed by atoms with van der Waals surface area (Å²) >= 11 is 0. The number of nitrogens with zero attached hydrogens (tertiary/aromatic N) is 2. The van der Waals surface area contributed by atoms with Crippen LogP contribution in [0.1, 0.15) is 133 Å². The van der Waals surface area contributed by atoms with E-state index in [1.54, 1.807) is 0 Å². The molecule has 0 radical (unpaired) electrons. The van der Waals surface area contributed by atoms with Crippen LogP contribution in [0.25, 0.3) is 21.9 Å². The van der Waals surface area contributed by atoms with E-state index in [0.717, 1.165) is 11.2 Å². The summed E-state index contributed by atoms with van der Waals surface area (Å²) in [6, 6.07) is 40.3. The molecule has 1 aromatic heterocycles. The lowest BCUT2D eigenvalue weighted by Gasteiger charge is -2.48. The molecule has 302 valence electrons. The van der Waals surface area contributed by atoms with Gasteiger partial charge in [-0.05, 0) is 160 Å². The Balaban J connectivity index is 1.30. The number of hydrogen-bond donors (Lipinski definition) is 0.